The van der Waals surface area contributed by atoms with E-state index in [2.05, 4.69) is 41.7 Å². The first kappa shape index (κ1) is 13.1. The minimum absolute atomic E-state index is 0.618. The zero-order valence-corrected chi connectivity index (χ0v) is 12.9. The van der Waals surface area contributed by atoms with Crippen molar-refractivity contribution in [2.75, 3.05) is 0 Å². The third kappa shape index (κ3) is 2.56. The molecule has 2 aromatic heterocycles. The van der Waals surface area contributed by atoms with E-state index in [0.29, 0.717) is 6.04 Å². The second-order valence-electron chi connectivity index (χ2n) is 5.85. The number of rotatable bonds is 4. The largest absolute Gasteiger partial charge is 0.308 e. The van der Waals surface area contributed by atoms with Crippen molar-refractivity contribution in [2.24, 2.45) is 5.92 Å². The van der Waals surface area contributed by atoms with Crippen molar-refractivity contribution >= 4 is 16.3 Å². The molecule has 0 spiro atoms. The number of hydrogen-bond donors (Lipinski definition) is 1. The fourth-order valence-electron chi connectivity index (χ4n) is 3.20. The Balaban J connectivity index is 1.72. The van der Waals surface area contributed by atoms with Crippen LogP contribution in [-0.2, 0) is 6.54 Å². The summed E-state index contributed by atoms with van der Waals surface area (Å²) in [5, 5.41) is 3.71. The molecule has 1 saturated carbocycles. The summed E-state index contributed by atoms with van der Waals surface area (Å²) < 4.78 is 2.25. The van der Waals surface area contributed by atoms with Gasteiger partial charge in [-0.2, -0.15) is 0 Å². The Kier molecular flexibility index (Phi) is 3.63. The number of fused-ring (bicyclic) bond motifs is 1. The number of imidazole rings is 1. The van der Waals surface area contributed by atoms with Crippen molar-refractivity contribution < 1.29 is 0 Å². The van der Waals surface area contributed by atoms with Crippen LogP contribution in [-0.4, -0.2) is 15.4 Å². The SMILES string of the molecule is Cc1cn2c(CNC(C)C3CCCC3)c(C)nc2s1. The van der Waals surface area contributed by atoms with E-state index < -0.39 is 0 Å². The Morgan fingerprint density at radius 2 is 2.16 bits per heavy atom. The number of nitrogens with one attached hydrogen (secondary N) is 1. The molecule has 1 atom stereocenters. The number of nitrogens with zero attached hydrogens (tertiary/aromatic N) is 2. The molecule has 0 radical (unpaired) electrons. The molecular weight excluding hydrogens is 254 g/mol. The van der Waals surface area contributed by atoms with Gasteiger partial charge in [-0.05, 0) is 39.5 Å². The fraction of sp³-hybridized carbons (Fsp3) is 0.667. The lowest BCUT2D eigenvalue weighted by molar-refractivity contribution is 0.378. The van der Waals surface area contributed by atoms with Gasteiger partial charge >= 0.3 is 0 Å². The van der Waals surface area contributed by atoms with Gasteiger partial charge in [0.05, 0.1) is 11.4 Å². The van der Waals surface area contributed by atoms with Gasteiger partial charge in [-0.1, -0.05) is 12.8 Å². The van der Waals surface area contributed by atoms with Gasteiger partial charge < -0.3 is 5.32 Å². The lowest BCUT2D eigenvalue weighted by Crippen LogP contribution is -2.32. The average Bonchev–Trinajstić information content (AvgIpc) is 3.03. The van der Waals surface area contributed by atoms with Crippen molar-refractivity contribution in [1.29, 1.82) is 0 Å². The van der Waals surface area contributed by atoms with Gasteiger partial charge in [0.2, 0.25) is 0 Å². The summed E-state index contributed by atoms with van der Waals surface area (Å²) in [7, 11) is 0. The van der Waals surface area contributed by atoms with E-state index in [1.807, 2.05) is 0 Å². The van der Waals surface area contributed by atoms with Crippen LogP contribution in [0.15, 0.2) is 6.20 Å². The van der Waals surface area contributed by atoms with Crippen LogP contribution in [0, 0.1) is 19.8 Å². The van der Waals surface area contributed by atoms with Gasteiger partial charge in [-0.25, -0.2) is 4.98 Å². The number of aromatic nitrogens is 2. The monoisotopic (exact) mass is 277 g/mol. The smallest absolute Gasteiger partial charge is 0.194 e. The molecule has 1 unspecified atom stereocenters. The lowest BCUT2D eigenvalue weighted by atomic mass is 10.00. The molecule has 0 aromatic carbocycles. The normalized spacial score (nSPS) is 18.5. The van der Waals surface area contributed by atoms with Gasteiger partial charge in [0.15, 0.2) is 4.96 Å². The molecule has 0 aliphatic heterocycles. The molecule has 3 rings (SSSR count). The molecule has 2 aromatic rings. The Bertz CT molecular complexity index is 563. The quantitative estimate of drug-likeness (QED) is 0.923. The molecule has 19 heavy (non-hydrogen) atoms. The second kappa shape index (κ2) is 5.25. The van der Waals surface area contributed by atoms with Crippen LogP contribution in [0.5, 0.6) is 0 Å². The van der Waals surface area contributed by atoms with Crippen LogP contribution < -0.4 is 5.32 Å². The van der Waals surface area contributed by atoms with Gasteiger partial charge in [0.25, 0.3) is 0 Å². The second-order valence-corrected chi connectivity index (χ2v) is 7.07. The van der Waals surface area contributed by atoms with Crippen molar-refractivity contribution in [3.05, 3.63) is 22.5 Å². The summed E-state index contributed by atoms with van der Waals surface area (Å²) >= 11 is 1.77. The van der Waals surface area contributed by atoms with Crippen LogP contribution >= 0.6 is 11.3 Å². The van der Waals surface area contributed by atoms with E-state index >= 15 is 0 Å². The van der Waals surface area contributed by atoms with Crippen LogP contribution in [0.1, 0.15) is 48.9 Å². The highest BCUT2D eigenvalue weighted by molar-refractivity contribution is 7.17. The summed E-state index contributed by atoms with van der Waals surface area (Å²) in [5.41, 5.74) is 2.49. The highest BCUT2D eigenvalue weighted by atomic mass is 32.1. The van der Waals surface area contributed by atoms with Crippen LogP contribution in [0.4, 0.5) is 0 Å². The molecule has 1 fully saturated rings. The van der Waals surface area contributed by atoms with Crippen LogP contribution in [0.3, 0.4) is 0 Å². The highest BCUT2D eigenvalue weighted by Gasteiger charge is 2.21. The third-order valence-corrected chi connectivity index (χ3v) is 5.34. The molecule has 1 aliphatic carbocycles. The fourth-order valence-corrected chi connectivity index (χ4v) is 4.09. The van der Waals surface area contributed by atoms with E-state index in [1.54, 1.807) is 11.3 Å². The third-order valence-electron chi connectivity index (χ3n) is 4.44. The highest BCUT2D eigenvalue weighted by Crippen LogP contribution is 2.28. The molecule has 0 saturated heterocycles. The van der Waals surface area contributed by atoms with Crippen molar-refractivity contribution in [2.45, 2.75) is 59.0 Å². The van der Waals surface area contributed by atoms with Crippen LogP contribution in [0.2, 0.25) is 0 Å². The molecule has 0 bridgehead atoms. The van der Waals surface area contributed by atoms with Crippen LogP contribution in [0.25, 0.3) is 4.96 Å². The Hall–Kier alpha value is -0.870. The van der Waals surface area contributed by atoms with Gasteiger partial charge in [-0.15, -0.1) is 11.3 Å². The molecule has 3 nitrogen and oxygen atoms in total. The maximum atomic E-state index is 4.65. The minimum atomic E-state index is 0.618. The maximum absolute atomic E-state index is 4.65. The van der Waals surface area contributed by atoms with Gasteiger partial charge in [0.1, 0.15) is 0 Å². The average molecular weight is 277 g/mol. The zero-order chi connectivity index (χ0) is 13.4. The molecule has 2 heterocycles. The Morgan fingerprint density at radius 1 is 1.42 bits per heavy atom. The summed E-state index contributed by atoms with van der Waals surface area (Å²) in [6.45, 7) is 7.53. The number of thiazole rings is 1. The minimum Gasteiger partial charge on any atom is -0.308 e. The summed E-state index contributed by atoms with van der Waals surface area (Å²) in [5.74, 6) is 0.868. The predicted molar refractivity (Wildman–Crippen MR) is 80.8 cm³/mol. The van der Waals surface area contributed by atoms with E-state index in [9.17, 15) is 0 Å². The number of aryl methyl sites for hydroxylation is 2. The first-order valence-electron chi connectivity index (χ1n) is 7.32. The van der Waals surface area contributed by atoms with Crippen molar-refractivity contribution in [3.63, 3.8) is 0 Å². The maximum Gasteiger partial charge on any atom is 0.194 e. The molecular formula is C15H23N3S. The van der Waals surface area contributed by atoms with Gasteiger partial charge in [0, 0.05) is 23.7 Å². The Labute approximate surface area is 119 Å². The molecule has 0 amide bonds. The first-order valence-corrected chi connectivity index (χ1v) is 8.14. The molecule has 1 N–H and O–H groups in total. The topological polar surface area (TPSA) is 29.3 Å². The van der Waals surface area contributed by atoms with Gasteiger partial charge in [-0.3, -0.25) is 4.40 Å². The molecule has 4 heteroatoms. The van der Waals surface area contributed by atoms with E-state index in [4.69, 9.17) is 0 Å². The first-order chi connectivity index (χ1) is 9.15. The standard InChI is InChI=1S/C15H23N3S/c1-10-9-18-14(12(3)17-15(18)19-10)8-16-11(2)13-6-4-5-7-13/h9,11,13,16H,4-8H2,1-3H3. The summed E-state index contributed by atoms with van der Waals surface area (Å²) in [6.07, 6.45) is 7.82. The van der Waals surface area contributed by atoms with E-state index in [-0.39, 0.29) is 0 Å². The van der Waals surface area contributed by atoms with E-state index in [1.165, 1.54) is 36.3 Å². The molecule has 104 valence electrons. The zero-order valence-electron chi connectivity index (χ0n) is 12.1. The number of hydrogen-bond acceptors (Lipinski definition) is 3. The van der Waals surface area contributed by atoms with E-state index in [0.717, 1.165) is 23.1 Å². The predicted octanol–water partition coefficient (Wildman–Crippen LogP) is 3.68. The molecule has 1 aliphatic rings. The Morgan fingerprint density at radius 3 is 2.89 bits per heavy atom. The summed E-state index contributed by atoms with van der Waals surface area (Å²) in [6, 6.07) is 0.618. The van der Waals surface area contributed by atoms with Crippen molar-refractivity contribution in [1.82, 2.24) is 14.7 Å². The summed E-state index contributed by atoms with van der Waals surface area (Å²) in [4.78, 5) is 7.10. The lowest BCUT2D eigenvalue weighted by Gasteiger charge is -2.20. The van der Waals surface area contributed by atoms with Crippen molar-refractivity contribution in [3.8, 4) is 0 Å².